The van der Waals surface area contributed by atoms with Crippen LogP contribution in [0, 0.1) is 0 Å². The van der Waals surface area contributed by atoms with E-state index >= 15 is 0 Å². The fraction of sp³-hybridized carbons (Fsp3) is 0. The number of rotatable bonds is 0. The van der Waals surface area contributed by atoms with Crippen molar-refractivity contribution in [1.82, 2.24) is 0 Å². The summed E-state index contributed by atoms with van der Waals surface area (Å²) < 4.78 is 0. The Bertz CT molecular complexity index is 57.3. The van der Waals surface area contributed by atoms with Crippen LogP contribution in [0.2, 0.25) is 0 Å². The molecule has 0 aromatic rings. The summed E-state index contributed by atoms with van der Waals surface area (Å²) in [5, 5.41) is 0. The van der Waals surface area contributed by atoms with Gasteiger partial charge in [0, 0.05) is 1.43 Å². The van der Waals surface area contributed by atoms with E-state index in [1.54, 1.807) is 0 Å². The molecule has 4 N–H and O–H groups in total. The first-order chi connectivity index (χ1) is 2.00. The van der Waals surface area contributed by atoms with E-state index in [9.17, 15) is 0 Å². The molecular formula is H15AlCaKMgNaO4Si. The molecule has 0 aliphatic rings. The first-order valence-electron chi connectivity index (χ1n) is 0.894. The van der Waals surface area contributed by atoms with E-state index in [2.05, 4.69) is 0 Å². The molecule has 0 spiro atoms. The minimum atomic E-state index is -4.61. The van der Waals surface area contributed by atoms with Crippen molar-refractivity contribution in [3.05, 3.63) is 0 Å². The fourth-order valence-electron chi connectivity index (χ4n) is 0. The van der Waals surface area contributed by atoms with E-state index in [1.165, 1.54) is 0 Å². The average Bonchev–Trinajstić information content (AvgIpc) is 0.722. The molecule has 0 saturated heterocycles. The largest absolute Gasteiger partial charge is 2.00 e. The van der Waals surface area contributed by atoms with Crippen LogP contribution in [0.5, 0.6) is 0 Å². The Morgan fingerprint density at radius 3 is 1.10 bits per heavy atom. The van der Waals surface area contributed by atoms with Crippen molar-refractivity contribution in [3.8, 4) is 0 Å². The monoisotopic (exact) mass is 260 g/mol. The molecule has 0 unspecified atom stereocenters. The minimum absolute atomic E-state index is 0. The molecule has 0 aliphatic carbocycles. The molecule has 0 rings (SSSR count). The smallest absolute Gasteiger partial charge is 1.00 e. The van der Waals surface area contributed by atoms with E-state index in [0.717, 1.165) is 0 Å². The summed E-state index contributed by atoms with van der Waals surface area (Å²) in [6.45, 7) is 0. The minimum Gasteiger partial charge on any atom is -1.00 e. The molecule has 0 heterocycles. The molecule has 0 aliphatic heterocycles. The van der Waals surface area contributed by atoms with Crippen molar-refractivity contribution < 1.29 is 110 Å². The maximum atomic E-state index is 7.33. The second-order valence-electron chi connectivity index (χ2n) is 0.600. The summed E-state index contributed by atoms with van der Waals surface area (Å²) in [7, 11) is -4.61. The van der Waals surface area contributed by atoms with Gasteiger partial charge in [0.2, 0.25) is 0 Å². The Morgan fingerprint density at radius 1 is 1.10 bits per heavy atom. The van der Waals surface area contributed by atoms with Gasteiger partial charge in [-0.1, -0.05) is 0 Å². The van der Waals surface area contributed by atoms with E-state index in [4.69, 9.17) is 19.2 Å². The van der Waals surface area contributed by atoms with Gasteiger partial charge in [0.1, 0.15) is 0 Å². The SMILES string of the molecule is O[Si](O)(O)O.[AlH3].[Ca+2].[H-].[H-].[H-].[H-].[H-].[H-].[HH].[K+].[Mg+2].[Na+]. The van der Waals surface area contributed by atoms with Gasteiger partial charge in [0.25, 0.3) is 0 Å². The molecule has 0 fully saturated rings. The van der Waals surface area contributed by atoms with Crippen molar-refractivity contribution in [2.75, 3.05) is 0 Å². The van der Waals surface area contributed by atoms with Crippen LogP contribution in [-0.2, 0) is 0 Å². The number of hydrogen-bond acceptors (Lipinski definition) is 4. The predicted octanol–water partition coefficient (Wildman–Crippen LogP) is -9.63. The zero-order valence-corrected chi connectivity index (χ0v) is 15.4. The zero-order chi connectivity index (χ0) is 4.50. The second-order valence-corrected chi connectivity index (χ2v) is 1.80. The Hall–Kier alpha value is 5.25. The van der Waals surface area contributed by atoms with Crippen LogP contribution >= 0.6 is 0 Å². The van der Waals surface area contributed by atoms with E-state index in [-0.39, 0.29) is 169 Å². The van der Waals surface area contributed by atoms with Crippen molar-refractivity contribution in [2.45, 2.75) is 0 Å². The van der Waals surface area contributed by atoms with Crippen LogP contribution in [0.3, 0.4) is 0 Å². The van der Waals surface area contributed by atoms with Gasteiger partial charge in [-0.3, -0.25) is 0 Å². The van der Waals surface area contributed by atoms with Gasteiger partial charge in [-0.25, -0.2) is 0 Å². The van der Waals surface area contributed by atoms with Gasteiger partial charge in [-0.05, 0) is 0 Å². The van der Waals surface area contributed by atoms with Crippen molar-refractivity contribution in [1.29, 1.82) is 0 Å². The second kappa shape index (κ2) is 19.8. The van der Waals surface area contributed by atoms with Crippen LogP contribution in [0.25, 0.3) is 0 Å². The summed E-state index contributed by atoms with van der Waals surface area (Å²) in [4.78, 5) is 29.3. The third kappa shape index (κ3) is 72.1. The molecule has 0 radical (unpaired) electrons. The molecule has 10 heteroatoms. The van der Waals surface area contributed by atoms with Crippen molar-refractivity contribution in [3.63, 3.8) is 0 Å². The number of hydrogen-bond donors (Lipinski definition) is 4. The molecule has 0 bridgehead atoms. The summed E-state index contributed by atoms with van der Waals surface area (Å²) in [6, 6.07) is 0. The summed E-state index contributed by atoms with van der Waals surface area (Å²) >= 11 is 0. The molecular weight excluding hydrogens is 246 g/mol. The molecule has 0 atom stereocenters. The quantitative estimate of drug-likeness (QED) is 0.326. The van der Waals surface area contributed by atoms with E-state index in [0.29, 0.717) is 0 Å². The standard InChI is InChI=1S/Al.Ca.K.Mg.Na.H4O4Si.H2.9H/c;;;;;1-5(2,3)4;;;;;;;;;;/h;;;;;1-4H;1H;;;;;;;;;/q;+2;+1;+2;+1;;;;;;6*-1. The van der Waals surface area contributed by atoms with Crippen molar-refractivity contribution in [2.24, 2.45) is 0 Å². The maximum absolute atomic E-state index is 7.33. The van der Waals surface area contributed by atoms with Crippen LogP contribution in [0.4, 0.5) is 0 Å². The zero-order valence-electron chi connectivity index (χ0n) is 11.7. The Balaban J connectivity index is -0.00000000121. The summed E-state index contributed by atoms with van der Waals surface area (Å²) in [5.74, 6) is 0. The third-order valence-electron chi connectivity index (χ3n) is 0. The van der Waals surface area contributed by atoms with Crippen LogP contribution < -0.4 is 80.9 Å². The molecule has 0 saturated carbocycles. The molecule has 0 aromatic heterocycles. The van der Waals surface area contributed by atoms with Gasteiger partial charge in [0.15, 0.2) is 17.4 Å². The van der Waals surface area contributed by atoms with Gasteiger partial charge >= 0.3 is 151 Å². The fourth-order valence-corrected chi connectivity index (χ4v) is 0. The van der Waals surface area contributed by atoms with E-state index < -0.39 is 9.05 Å². The summed E-state index contributed by atoms with van der Waals surface area (Å²) in [5.41, 5.74) is 0. The van der Waals surface area contributed by atoms with Crippen LogP contribution in [-0.4, -0.2) is 106 Å². The first-order valence-corrected chi connectivity index (χ1v) is 2.68. The molecule has 52 valence electrons. The summed E-state index contributed by atoms with van der Waals surface area (Å²) in [6.07, 6.45) is 0. The van der Waals surface area contributed by atoms with Gasteiger partial charge < -0.3 is 27.7 Å². The molecule has 0 aromatic carbocycles. The van der Waals surface area contributed by atoms with E-state index in [1.807, 2.05) is 0 Å². The average molecular weight is 261 g/mol. The van der Waals surface area contributed by atoms with Gasteiger partial charge in [0.05, 0.1) is 0 Å². The first kappa shape index (κ1) is 36.2. The Labute approximate surface area is 192 Å². The van der Waals surface area contributed by atoms with Crippen LogP contribution in [0.15, 0.2) is 0 Å². The van der Waals surface area contributed by atoms with Gasteiger partial charge in [-0.2, -0.15) is 0 Å². The maximum Gasteiger partial charge on any atom is 2.00 e. The Kier molecular flexibility index (Phi) is 71.5. The third-order valence-corrected chi connectivity index (χ3v) is 0. The van der Waals surface area contributed by atoms with Crippen LogP contribution in [0.1, 0.15) is 9.99 Å². The molecule has 10 heavy (non-hydrogen) atoms. The molecule has 4 nitrogen and oxygen atoms in total. The molecule has 0 amide bonds. The van der Waals surface area contributed by atoms with Crippen molar-refractivity contribution >= 4 is 87.2 Å². The predicted molar refractivity (Wildman–Crippen MR) is 44.9 cm³/mol. The van der Waals surface area contributed by atoms with Gasteiger partial charge in [-0.15, -0.1) is 0 Å². The normalized spacial score (nSPS) is 6.00. The Morgan fingerprint density at radius 2 is 1.10 bits per heavy atom. The topological polar surface area (TPSA) is 80.9 Å².